The monoisotopic (exact) mass is 632 g/mol. The van der Waals surface area contributed by atoms with Gasteiger partial charge in [0.25, 0.3) is 0 Å². The van der Waals surface area contributed by atoms with E-state index in [1.807, 2.05) is 50.2 Å². The number of rotatable bonds is 14. The number of nitrogens with one attached hydrogen (secondary N) is 2. The van der Waals surface area contributed by atoms with Crippen LogP contribution in [0.5, 0.6) is 0 Å². The van der Waals surface area contributed by atoms with E-state index in [-0.39, 0.29) is 37.4 Å². The third kappa shape index (κ3) is 8.74. The SMILES string of the molecule is CC(C)C[C@H](NC(=O)[C@H](C)NC(=O)OCC1c2ccccc2-c2ccccc21)C(=O)N1CCC[C@H]1C(=O)OC/C=C/CCC(N)=O. The minimum Gasteiger partial charge on any atom is -0.460 e. The fourth-order valence-corrected chi connectivity index (χ4v) is 5.99. The number of hydrogen-bond donors (Lipinski definition) is 3. The molecule has 1 heterocycles. The van der Waals surface area contributed by atoms with E-state index in [1.54, 1.807) is 12.2 Å². The number of carbonyl (C=O) groups is 5. The summed E-state index contributed by atoms with van der Waals surface area (Å²) in [5, 5.41) is 5.37. The number of primary amides is 1. The lowest BCUT2D eigenvalue weighted by atomic mass is 9.98. The van der Waals surface area contributed by atoms with Crippen molar-refractivity contribution in [2.45, 2.75) is 76.9 Å². The van der Waals surface area contributed by atoms with Crippen LogP contribution < -0.4 is 16.4 Å². The van der Waals surface area contributed by atoms with Crippen LogP contribution in [0.1, 0.15) is 69.9 Å². The number of amides is 4. The Morgan fingerprint density at radius 1 is 0.935 bits per heavy atom. The second kappa shape index (κ2) is 16.1. The number of likely N-dealkylation sites (tertiary alicyclic amines) is 1. The van der Waals surface area contributed by atoms with Crippen molar-refractivity contribution in [1.82, 2.24) is 15.5 Å². The van der Waals surface area contributed by atoms with Gasteiger partial charge in [-0.1, -0.05) is 74.5 Å². The molecule has 1 aliphatic carbocycles. The molecule has 2 aliphatic rings. The van der Waals surface area contributed by atoms with Crippen molar-refractivity contribution in [3.8, 4) is 11.1 Å². The summed E-state index contributed by atoms with van der Waals surface area (Å²) in [5.74, 6) is -1.89. The van der Waals surface area contributed by atoms with Crippen molar-refractivity contribution in [2.24, 2.45) is 11.7 Å². The molecule has 0 unspecified atom stereocenters. The van der Waals surface area contributed by atoms with Gasteiger partial charge >= 0.3 is 12.1 Å². The zero-order valence-corrected chi connectivity index (χ0v) is 26.7. The first-order valence-corrected chi connectivity index (χ1v) is 15.9. The Hall–Kier alpha value is -4.67. The molecule has 3 atom stereocenters. The molecule has 11 heteroatoms. The minimum atomic E-state index is -0.973. The molecule has 0 spiro atoms. The molecule has 246 valence electrons. The van der Waals surface area contributed by atoms with E-state index in [1.165, 1.54) is 11.8 Å². The van der Waals surface area contributed by atoms with Crippen LogP contribution in [0.25, 0.3) is 11.1 Å². The molecular weight excluding hydrogens is 588 g/mol. The number of carbonyl (C=O) groups excluding carboxylic acids is 5. The van der Waals surface area contributed by atoms with Gasteiger partial charge in [-0.2, -0.15) is 0 Å². The predicted molar refractivity (Wildman–Crippen MR) is 172 cm³/mol. The molecule has 2 aromatic rings. The van der Waals surface area contributed by atoms with Gasteiger partial charge in [-0.05, 0) is 60.8 Å². The van der Waals surface area contributed by atoms with Crippen LogP contribution in [-0.4, -0.2) is 72.6 Å². The fourth-order valence-electron chi connectivity index (χ4n) is 5.99. The van der Waals surface area contributed by atoms with E-state index in [0.29, 0.717) is 32.2 Å². The van der Waals surface area contributed by atoms with Gasteiger partial charge in [0, 0.05) is 18.9 Å². The number of benzene rings is 2. The van der Waals surface area contributed by atoms with Crippen molar-refractivity contribution in [3.63, 3.8) is 0 Å². The summed E-state index contributed by atoms with van der Waals surface area (Å²) in [6.07, 6.45) is 4.70. The molecular formula is C35H44N4O7. The van der Waals surface area contributed by atoms with Crippen LogP contribution in [0.4, 0.5) is 4.79 Å². The molecule has 46 heavy (non-hydrogen) atoms. The van der Waals surface area contributed by atoms with Crippen molar-refractivity contribution >= 4 is 29.8 Å². The van der Waals surface area contributed by atoms with Crippen LogP contribution in [-0.2, 0) is 28.7 Å². The topological polar surface area (TPSA) is 157 Å². The summed E-state index contributed by atoms with van der Waals surface area (Å²) >= 11 is 0. The first-order valence-electron chi connectivity index (χ1n) is 15.9. The highest BCUT2D eigenvalue weighted by molar-refractivity contribution is 5.93. The number of nitrogens with zero attached hydrogens (tertiary/aromatic N) is 1. The number of ether oxygens (including phenoxy) is 2. The average Bonchev–Trinajstić information content (AvgIpc) is 3.64. The maximum absolute atomic E-state index is 13.6. The van der Waals surface area contributed by atoms with Gasteiger partial charge in [-0.25, -0.2) is 9.59 Å². The van der Waals surface area contributed by atoms with E-state index in [9.17, 15) is 24.0 Å². The summed E-state index contributed by atoms with van der Waals surface area (Å²) in [7, 11) is 0. The van der Waals surface area contributed by atoms with Gasteiger partial charge in [0.1, 0.15) is 31.3 Å². The van der Waals surface area contributed by atoms with Crippen molar-refractivity contribution in [3.05, 3.63) is 71.8 Å². The summed E-state index contributed by atoms with van der Waals surface area (Å²) in [4.78, 5) is 64.7. The maximum atomic E-state index is 13.6. The number of nitrogens with two attached hydrogens (primary N) is 1. The summed E-state index contributed by atoms with van der Waals surface area (Å²) in [5.41, 5.74) is 9.51. The molecule has 1 fully saturated rings. The molecule has 0 radical (unpaired) electrons. The first kappa shape index (κ1) is 34.2. The molecule has 0 aromatic heterocycles. The molecule has 4 N–H and O–H groups in total. The summed E-state index contributed by atoms with van der Waals surface area (Å²) in [6, 6.07) is 13.4. The molecule has 1 saturated heterocycles. The minimum absolute atomic E-state index is 0.0152. The van der Waals surface area contributed by atoms with Crippen LogP contribution in [0.2, 0.25) is 0 Å². The first-order chi connectivity index (χ1) is 22.1. The molecule has 0 bridgehead atoms. The van der Waals surface area contributed by atoms with Gasteiger partial charge in [-0.3, -0.25) is 14.4 Å². The van der Waals surface area contributed by atoms with Gasteiger partial charge in [-0.15, -0.1) is 0 Å². The molecule has 11 nitrogen and oxygen atoms in total. The smallest absolute Gasteiger partial charge is 0.407 e. The van der Waals surface area contributed by atoms with Gasteiger partial charge in [0.05, 0.1) is 0 Å². The number of hydrogen-bond acceptors (Lipinski definition) is 7. The fraction of sp³-hybridized carbons (Fsp3) is 0.457. The molecule has 2 aromatic carbocycles. The number of allylic oxidation sites excluding steroid dienone is 1. The predicted octanol–water partition coefficient (Wildman–Crippen LogP) is 3.80. The molecule has 4 amide bonds. The van der Waals surface area contributed by atoms with Gasteiger partial charge < -0.3 is 30.7 Å². The Morgan fingerprint density at radius 3 is 2.22 bits per heavy atom. The summed E-state index contributed by atoms with van der Waals surface area (Å²) in [6.45, 7) is 5.89. The Balaban J connectivity index is 1.30. The lowest BCUT2D eigenvalue weighted by molar-refractivity contribution is -0.153. The van der Waals surface area contributed by atoms with Crippen LogP contribution in [0.15, 0.2) is 60.7 Å². The molecule has 0 saturated carbocycles. The maximum Gasteiger partial charge on any atom is 0.407 e. The Morgan fingerprint density at radius 2 is 1.59 bits per heavy atom. The highest BCUT2D eigenvalue weighted by atomic mass is 16.5. The van der Waals surface area contributed by atoms with Crippen molar-refractivity contribution < 1.29 is 33.4 Å². The Labute approximate surface area is 269 Å². The standard InChI is InChI=1S/C35H44N4O7/c1-22(2)20-29(33(42)39-18-11-16-30(39)34(43)45-19-10-4-5-17-31(36)40)38-32(41)23(3)37-35(44)46-21-28-26-14-8-6-12-24(26)25-13-7-9-15-27(25)28/h4,6-10,12-15,22-23,28-30H,5,11,16-21H2,1-3H3,(H2,36,40)(H,37,44)(H,38,41)/b10-4+/t23-,29-,30-/m0/s1. The van der Waals surface area contributed by atoms with Crippen LogP contribution in [0.3, 0.4) is 0 Å². The number of esters is 1. The highest BCUT2D eigenvalue weighted by Crippen LogP contribution is 2.44. The van der Waals surface area contributed by atoms with E-state index >= 15 is 0 Å². The highest BCUT2D eigenvalue weighted by Gasteiger charge is 2.39. The van der Waals surface area contributed by atoms with Gasteiger partial charge in [0.2, 0.25) is 17.7 Å². The number of fused-ring (bicyclic) bond motifs is 3. The van der Waals surface area contributed by atoms with Crippen molar-refractivity contribution in [1.29, 1.82) is 0 Å². The van der Waals surface area contributed by atoms with E-state index < -0.39 is 42.0 Å². The second-order valence-electron chi connectivity index (χ2n) is 12.2. The van der Waals surface area contributed by atoms with E-state index in [0.717, 1.165) is 22.3 Å². The zero-order chi connectivity index (χ0) is 33.2. The van der Waals surface area contributed by atoms with Crippen molar-refractivity contribution in [2.75, 3.05) is 19.8 Å². The van der Waals surface area contributed by atoms with Crippen LogP contribution in [0, 0.1) is 5.92 Å². The Kier molecular flexibility index (Phi) is 11.9. The Bertz CT molecular complexity index is 1410. The third-order valence-corrected chi connectivity index (χ3v) is 8.25. The van der Waals surface area contributed by atoms with E-state index in [4.69, 9.17) is 15.2 Å². The largest absolute Gasteiger partial charge is 0.460 e. The third-order valence-electron chi connectivity index (χ3n) is 8.25. The van der Waals surface area contributed by atoms with E-state index in [2.05, 4.69) is 22.8 Å². The van der Waals surface area contributed by atoms with Gasteiger partial charge in [0.15, 0.2) is 0 Å². The number of alkyl carbamates (subject to hydrolysis) is 1. The normalized spacial score (nSPS) is 16.9. The quantitative estimate of drug-likeness (QED) is 0.211. The lowest BCUT2D eigenvalue weighted by Gasteiger charge is -2.29. The van der Waals surface area contributed by atoms with Crippen LogP contribution >= 0.6 is 0 Å². The molecule has 4 rings (SSSR count). The average molecular weight is 633 g/mol. The lowest BCUT2D eigenvalue weighted by Crippen LogP contribution is -2.55. The molecule has 1 aliphatic heterocycles. The second-order valence-corrected chi connectivity index (χ2v) is 12.2. The summed E-state index contributed by atoms with van der Waals surface area (Å²) < 4.78 is 10.9. The zero-order valence-electron chi connectivity index (χ0n) is 26.7.